The minimum Gasteiger partial charge on any atom is -0.465 e. The highest BCUT2D eigenvalue weighted by Crippen LogP contribution is 2.42. The van der Waals surface area contributed by atoms with E-state index in [1.807, 2.05) is 12.1 Å². The Hall–Kier alpha value is -3.15. The monoisotopic (exact) mass is 587 g/mol. The fourth-order valence-electron chi connectivity index (χ4n) is 5.25. The van der Waals surface area contributed by atoms with Crippen molar-refractivity contribution in [3.05, 3.63) is 58.7 Å². The van der Waals surface area contributed by atoms with Crippen LogP contribution in [-0.4, -0.2) is 56.6 Å². The average Bonchev–Trinajstić information content (AvgIpc) is 3.28. The van der Waals surface area contributed by atoms with E-state index >= 15 is 4.39 Å². The summed E-state index contributed by atoms with van der Waals surface area (Å²) in [4.78, 5) is 29.8. The van der Waals surface area contributed by atoms with Crippen LogP contribution in [0, 0.1) is 17.7 Å². The molecule has 0 saturated carbocycles. The summed E-state index contributed by atoms with van der Waals surface area (Å²) in [6.07, 6.45) is -0.887. The van der Waals surface area contributed by atoms with Gasteiger partial charge in [-0.05, 0) is 56.0 Å². The Morgan fingerprint density at radius 1 is 1.23 bits per heavy atom. The number of carbonyl (C=O) groups excluding carboxylic acids is 1. The van der Waals surface area contributed by atoms with E-state index in [4.69, 9.17) is 16.0 Å². The third-order valence-corrected chi connectivity index (χ3v) is 8.51. The van der Waals surface area contributed by atoms with Gasteiger partial charge in [-0.3, -0.25) is 9.69 Å². The van der Waals surface area contributed by atoms with E-state index in [9.17, 15) is 14.7 Å². The van der Waals surface area contributed by atoms with Gasteiger partial charge in [0.15, 0.2) is 0 Å². The van der Waals surface area contributed by atoms with E-state index in [0.29, 0.717) is 39.7 Å². The summed E-state index contributed by atoms with van der Waals surface area (Å²) >= 11 is 7.45. The molecule has 0 bridgehead atoms. The molecule has 1 aromatic heterocycles. The predicted octanol–water partition coefficient (Wildman–Crippen LogP) is 5.67. The zero-order valence-electron chi connectivity index (χ0n) is 22.5. The van der Waals surface area contributed by atoms with Crippen molar-refractivity contribution in [1.82, 2.24) is 20.4 Å². The van der Waals surface area contributed by atoms with Crippen molar-refractivity contribution in [3.8, 4) is 11.5 Å². The maximum atomic E-state index is 15.5. The van der Waals surface area contributed by atoms with Crippen LogP contribution in [0.25, 0.3) is 11.5 Å². The van der Waals surface area contributed by atoms with Crippen LogP contribution in [0.2, 0.25) is 5.02 Å². The lowest BCUT2D eigenvalue weighted by atomic mass is 9.90. The first-order chi connectivity index (χ1) is 19.0. The highest BCUT2D eigenvalue weighted by Gasteiger charge is 2.36. The van der Waals surface area contributed by atoms with Gasteiger partial charge >= 0.3 is 6.09 Å². The van der Waals surface area contributed by atoms with E-state index in [-0.39, 0.29) is 30.3 Å². The van der Waals surface area contributed by atoms with Gasteiger partial charge in [-0.15, -0.1) is 22.0 Å². The van der Waals surface area contributed by atoms with Crippen LogP contribution in [0.3, 0.4) is 0 Å². The van der Waals surface area contributed by atoms with Gasteiger partial charge in [0.2, 0.25) is 11.8 Å². The molecule has 2 N–H and O–H groups in total. The third-order valence-electron chi connectivity index (χ3n) is 7.05. The number of amides is 2. The quantitative estimate of drug-likeness (QED) is 0.347. The van der Waals surface area contributed by atoms with Crippen LogP contribution in [-0.2, 0) is 17.9 Å². The number of rotatable bonds is 8. The lowest BCUT2D eigenvalue weighted by Crippen LogP contribution is -2.47. The maximum Gasteiger partial charge on any atom is 0.405 e. The van der Waals surface area contributed by atoms with Crippen LogP contribution in [0.4, 0.5) is 14.9 Å². The minimum absolute atomic E-state index is 0.0559. The second-order valence-electron chi connectivity index (χ2n) is 11.2. The number of aromatic nitrogens is 2. The number of hydrogen-bond donors (Lipinski definition) is 2. The summed E-state index contributed by atoms with van der Waals surface area (Å²) in [7, 11) is 0. The van der Waals surface area contributed by atoms with Crippen LogP contribution >= 0.6 is 23.4 Å². The Morgan fingerprint density at radius 3 is 2.62 bits per heavy atom. The maximum absolute atomic E-state index is 15.5. The number of carboxylic acid groups (broad SMARTS) is 1. The summed E-state index contributed by atoms with van der Waals surface area (Å²) in [6.45, 7) is 8.28. The summed E-state index contributed by atoms with van der Waals surface area (Å²) in [6, 6.07) is 10.2. The molecule has 2 aromatic carbocycles. The molecule has 9 nitrogen and oxygen atoms in total. The number of carbonyl (C=O) groups is 2. The second-order valence-corrected chi connectivity index (χ2v) is 12.7. The molecule has 2 aliphatic heterocycles. The molecule has 3 aromatic rings. The lowest BCUT2D eigenvalue weighted by Gasteiger charge is -2.35. The summed E-state index contributed by atoms with van der Waals surface area (Å²) < 4.78 is 21.3. The predicted molar refractivity (Wildman–Crippen MR) is 151 cm³/mol. The van der Waals surface area contributed by atoms with Gasteiger partial charge in [0.25, 0.3) is 5.89 Å². The van der Waals surface area contributed by atoms with Gasteiger partial charge in [-0.25, -0.2) is 9.18 Å². The summed E-state index contributed by atoms with van der Waals surface area (Å²) in [5.41, 5.74) is 0.645. The standard InChI is InChI=1S/C28H31ClFN5O4S/c1-16-11-34(12-16)14-24-32-33-25(39-24)20-8-22-23(9-21(20)30)40-15-18(10-28(2,3)31-27(37)38)26(36)35(22)13-17-4-6-19(29)7-5-17/h4-9,16,18,31H,10-15H2,1-3H3,(H,37,38)/t18-/m0/s1. The molecule has 0 unspecified atom stereocenters. The van der Waals surface area contributed by atoms with Crippen molar-refractivity contribution in [1.29, 1.82) is 0 Å². The largest absolute Gasteiger partial charge is 0.465 e. The molecule has 3 heterocycles. The highest BCUT2D eigenvalue weighted by molar-refractivity contribution is 7.99. The molecule has 0 aliphatic carbocycles. The topological polar surface area (TPSA) is 112 Å². The molecular weight excluding hydrogens is 557 g/mol. The second kappa shape index (κ2) is 11.4. The Kier molecular flexibility index (Phi) is 8.08. The molecule has 0 radical (unpaired) electrons. The van der Waals surface area contributed by atoms with Gasteiger partial charge in [-0.2, -0.15) is 0 Å². The van der Waals surface area contributed by atoms with Crippen molar-refractivity contribution >= 4 is 41.1 Å². The fraction of sp³-hybridized carbons (Fsp3) is 0.429. The van der Waals surface area contributed by atoms with E-state index in [0.717, 1.165) is 18.7 Å². The summed E-state index contributed by atoms with van der Waals surface area (Å²) in [5.74, 6) is 0.230. The average molecular weight is 588 g/mol. The van der Waals surface area contributed by atoms with Crippen LogP contribution < -0.4 is 10.2 Å². The van der Waals surface area contributed by atoms with Crippen molar-refractivity contribution in [2.75, 3.05) is 23.7 Å². The van der Waals surface area contributed by atoms with Crippen molar-refractivity contribution < 1.29 is 23.5 Å². The van der Waals surface area contributed by atoms with Crippen molar-refractivity contribution in [3.63, 3.8) is 0 Å². The molecule has 2 amide bonds. The highest BCUT2D eigenvalue weighted by atomic mass is 35.5. The number of fused-ring (bicyclic) bond motifs is 1. The summed E-state index contributed by atoms with van der Waals surface area (Å²) in [5, 5.41) is 20.6. The zero-order chi connectivity index (χ0) is 28.6. The molecule has 212 valence electrons. The van der Waals surface area contributed by atoms with Gasteiger partial charge in [-0.1, -0.05) is 30.7 Å². The van der Waals surface area contributed by atoms with E-state index in [1.54, 1.807) is 36.9 Å². The SMILES string of the molecule is CC1CN(Cc2nnc(-c3cc4c(cc3F)SC[C@H](CC(C)(C)NC(=O)O)C(=O)N4Cc3ccc(Cl)cc3)o2)C1. The molecule has 2 aliphatic rings. The molecule has 5 rings (SSSR count). The number of likely N-dealkylation sites (tertiary alicyclic amines) is 1. The van der Waals surface area contributed by atoms with Crippen LogP contribution in [0.15, 0.2) is 45.7 Å². The van der Waals surface area contributed by atoms with Gasteiger partial charge in [0, 0.05) is 34.3 Å². The van der Waals surface area contributed by atoms with E-state index < -0.39 is 23.4 Å². The van der Waals surface area contributed by atoms with Crippen LogP contribution in [0.1, 0.15) is 38.6 Å². The van der Waals surface area contributed by atoms with Crippen LogP contribution in [0.5, 0.6) is 0 Å². The third kappa shape index (κ3) is 6.42. The number of nitrogens with zero attached hydrogens (tertiary/aromatic N) is 4. The molecule has 1 saturated heterocycles. The lowest BCUT2D eigenvalue weighted by molar-refractivity contribution is -0.122. The Labute approximate surface area is 241 Å². The van der Waals surface area contributed by atoms with Gasteiger partial charge < -0.3 is 19.7 Å². The number of benzene rings is 2. The van der Waals surface area contributed by atoms with E-state index in [1.165, 1.54) is 17.8 Å². The Morgan fingerprint density at radius 2 is 1.95 bits per heavy atom. The first kappa shape index (κ1) is 28.4. The number of thioether (sulfide) groups is 1. The molecule has 40 heavy (non-hydrogen) atoms. The first-order valence-electron chi connectivity index (χ1n) is 13.1. The van der Waals surface area contributed by atoms with Gasteiger partial charge in [0.05, 0.1) is 30.3 Å². The zero-order valence-corrected chi connectivity index (χ0v) is 24.1. The molecule has 0 spiro atoms. The number of anilines is 1. The Balaban J connectivity index is 1.49. The minimum atomic E-state index is -1.16. The number of halogens is 2. The van der Waals surface area contributed by atoms with Crippen molar-refractivity contribution in [2.45, 2.75) is 50.7 Å². The number of nitrogens with one attached hydrogen (secondary N) is 1. The first-order valence-corrected chi connectivity index (χ1v) is 14.4. The fourth-order valence-corrected chi connectivity index (χ4v) is 6.52. The van der Waals surface area contributed by atoms with Crippen molar-refractivity contribution in [2.24, 2.45) is 11.8 Å². The molecular formula is C28H31ClFN5O4S. The molecule has 1 atom stereocenters. The number of hydrogen-bond acceptors (Lipinski definition) is 7. The van der Waals surface area contributed by atoms with E-state index in [2.05, 4.69) is 27.3 Å². The normalized spacial score (nSPS) is 18.3. The Bertz CT molecular complexity index is 1410. The van der Waals surface area contributed by atoms with Gasteiger partial charge in [0.1, 0.15) is 5.82 Å². The molecule has 1 fully saturated rings. The molecule has 12 heteroatoms. The smallest absolute Gasteiger partial charge is 0.405 e.